The minimum atomic E-state index is -0.206. The normalized spacial score (nSPS) is 16.9. The standard InChI is InChI=1S/C31H32FN3O/c32-28-11-9-23(10-12-28)20-35-29(19-26-6-3-4-8-30(26)35)22-33-16-13-25(14-17-33)31(36)34-18-15-24-5-1-2-7-27(24)21-34/h1-12,19,25H,13-18,20-22H2. The van der Waals surface area contributed by atoms with E-state index in [9.17, 15) is 9.18 Å². The molecule has 2 aliphatic rings. The summed E-state index contributed by atoms with van der Waals surface area (Å²) in [6.07, 6.45) is 2.78. The van der Waals surface area contributed by atoms with Gasteiger partial charge in [-0.1, -0.05) is 54.6 Å². The summed E-state index contributed by atoms with van der Waals surface area (Å²) in [6, 6.07) is 26.0. The molecule has 4 aromatic rings. The first-order valence-corrected chi connectivity index (χ1v) is 13.0. The number of likely N-dealkylation sites (tertiary alicyclic amines) is 1. The van der Waals surface area contributed by atoms with Gasteiger partial charge in [-0.3, -0.25) is 9.69 Å². The molecule has 1 saturated heterocycles. The van der Waals surface area contributed by atoms with Gasteiger partial charge in [0.25, 0.3) is 0 Å². The maximum Gasteiger partial charge on any atom is 0.226 e. The fraction of sp³-hybridized carbons (Fsp3) is 0.323. The van der Waals surface area contributed by atoms with E-state index >= 15 is 0 Å². The second-order valence-electron chi connectivity index (χ2n) is 10.2. The SMILES string of the molecule is O=C(C1CCN(Cc2cc3ccccc3n2Cc2ccc(F)cc2)CC1)N1CCc2ccccc2C1. The Kier molecular flexibility index (Phi) is 6.32. The number of aromatic nitrogens is 1. The van der Waals surface area contributed by atoms with Crippen molar-refractivity contribution in [2.24, 2.45) is 5.92 Å². The van der Waals surface area contributed by atoms with Crippen molar-refractivity contribution in [2.75, 3.05) is 19.6 Å². The Hall–Kier alpha value is -3.44. The molecule has 1 amide bonds. The molecule has 1 aromatic heterocycles. The predicted octanol–water partition coefficient (Wildman–Crippen LogP) is 5.63. The van der Waals surface area contributed by atoms with Crippen molar-refractivity contribution in [3.05, 3.63) is 107 Å². The monoisotopic (exact) mass is 481 g/mol. The summed E-state index contributed by atoms with van der Waals surface area (Å²) in [4.78, 5) is 17.9. The third-order valence-electron chi connectivity index (χ3n) is 7.92. The van der Waals surface area contributed by atoms with Gasteiger partial charge in [0.2, 0.25) is 5.91 Å². The fourth-order valence-electron chi connectivity index (χ4n) is 5.87. The molecule has 3 aromatic carbocycles. The third-order valence-corrected chi connectivity index (χ3v) is 7.92. The van der Waals surface area contributed by atoms with Crippen molar-refractivity contribution in [2.45, 2.75) is 38.9 Å². The quantitative estimate of drug-likeness (QED) is 0.370. The van der Waals surface area contributed by atoms with Crippen LogP contribution in [0.25, 0.3) is 10.9 Å². The smallest absolute Gasteiger partial charge is 0.226 e. The van der Waals surface area contributed by atoms with Crippen LogP contribution in [0.2, 0.25) is 0 Å². The van der Waals surface area contributed by atoms with E-state index in [1.165, 1.54) is 39.9 Å². The zero-order chi connectivity index (χ0) is 24.5. The largest absolute Gasteiger partial charge is 0.339 e. The molecule has 0 spiro atoms. The molecule has 3 heterocycles. The maximum atomic E-state index is 13.4. The van der Waals surface area contributed by atoms with Gasteiger partial charge in [-0.05, 0) is 78.7 Å². The number of halogens is 1. The van der Waals surface area contributed by atoms with Crippen molar-refractivity contribution in [3.63, 3.8) is 0 Å². The highest BCUT2D eigenvalue weighted by Gasteiger charge is 2.30. The molecule has 184 valence electrons. The summed E-state index contributed by atoms with van der Waals surface area (Å²) in [5.41, 5.74) is 6.23. The van der Waals surface area contributed by atoms with Crippen molar-refractivity contribution < 1.29 is 9.18 Å². The van der Waals surface area contributed by atoms with Gasteiger partial charge in [0, 0.05) is 43.3 Å². The molecule has 2 aliphatic heterocycles. The predicted molar refractivity (Wildman–Crippen MR) is 141 cm³/mol. The molecule has 0 bridgehead atoms. The van der Waals surface area contributed by atoms with Crippen LogP contribution in [0.4, 0.5) is 4.39 Å². The molecule has 6 rings (SSSR count). The molecule has 0 radical (unpaired) electrons. The van der Waals surface area contributed by atoms with E-state index in [4.69, 9.17) is 0 Å². The van der Waals surface area contributed by atoms with Crippen LogP contribution in [-0.4, -0.2) is 39.9 Å². The molecule has 1 fully saturated rings. The second kappa shape index (κ2) is 9.90. The van der Waals surface area contributed by atoms with Crippen LogP contribution >= 0.6 is 0 Å². The topological polar surface area (TPSA) is 28.5 Å². The van der Waals surface area contributed by atoms with Crippen LogP contribution in [0.15, 0.2) is 78.9 Å². The number of fused-ring (bicyclic) bond motifs is 2. The first-order chi connectivity index (χ1) is 17.6. The van der Waals surface area contributed by atoms with Crippen LogP contribution in [0, 0.1) is 11.7 Å². The van der Waals surface area contributed by atoms with Crippen molar-refractivity contribution in [1.82, 2.24) is 14.4 Å². The summed E-state index contributed by atoms with van der Waals surface area (Å²) in [7, 11) is 0. The Bertz CT molecular complexity index is 1370. The lowest BCUT2D eigenvalue weighted by atomic mass is 9.93. The Balaban J connectivity index is 1.12. The highest BCUT2D eigenvalue weighted by molar-refractivity contribution is 5.81. The van der Waals surface area contributed by atoms with Gasteiger partial charge < -0.3 is 9.47 Å². The molecule has 0 aliphatic carbocycles. The third kappa shape index (κ3) is 4.68. The van der Waals surface area contributed by atoms with Crippen molar-refractivity contribution in [1.29, 1.82) is 0 Å². The number of amides is 1. The summed E-state index contributed by atoms with van der Waals surface area (Å²) >= 11 is 0. The van der Waals surface area contributed by atoms with E-state index in [0.717, 1.165) is 57.5 Å². The van der Waals surface area contributed by atoms with Gasteiger partial charge in [-0.2, -0.15) is 0 Å². The van der Waals surface area contributed by atoms with E-state index in [1.54, 1.807) is 0 Å². The van der Waals surface area contributed by atoms with E-state index in [-0.39, 0.29) is 11.7 Å². The van der Waals surface area contributed by atoms with Crippen LogP contribution in [-0.2, 0) is 30.8 Å². The second-order valence-corrected chi connectivity index (χ2v) is 10.2. The van der Waals surface area contributed by atoms with E-state index < -0.39 is 0 Å². The van der Waals surface area contributed by atoms with Gasteiger partial charge in [0.1, 0.15) is 5.82 Å². The Morgan fingerprint density at radius 3 is 2.36 bits per heavy atom. The molecule has 36 heavy (non-hydrogen) atoms. The minimum Gasteiger partial charge on any atom is -0.339 e. The van der Waals surface area contributed by atoms with E-state index in [1.807, 2.05) is 12.1 Å². The van der Waals surface area contributed by atoms with Gasteiger partial charge in [-0.25, -0.2) is 4.39 Å². The summed E-state index contributed by atoms with van der Waals surface area (Å²) in [6.45, 7) is 5.01. The average Bonchev–Trinajstić information content (AvgIpc) is 3.26. The number of nitrogens with zero attached hydrogens (tertiary/aromatic N) is 3. The number of benzene rings is 3. The van der Waals surface area contributed by atoms with Gasteiger partial charge in [0.05, 0.1) is 0 Å². The Morgan fingerprint density at radius 1 is 0.833 bits per heavy atom. The average molecular weight is 482 g/mol. The molecule has 0 saturated carbocycles. The zero-order valence-electron chi connectivity index (χ0n) is 20.6. The lowest BCUT2D eigenvalue weighted by molar-refractivity contribution is -0.138. The lowest BCUT2D eigenvalue weighted by Crippen LogP contribution is -2.44. The maximum absolute atomic E-state index is 13.4. The lowest BCUT2D eigenvalue weighted by Gasteiger charge is -2.36. The highest BCUT2D eigenvalue weighted by Crippen LogP contribution is 2.27. The molecular weight excluding hydrogens is 449 g/mol. The van der Waals surface area contributed by atoms with Gasteiger partial charge in [0.15, 0.2) is 0 Å². The number of piperidine rings is 1. The highest BCUT2D eigenvalue weighted by atomic mass is 19.1. The summed E-state index contributed by atoms with van der Waals surface area (Å²) in [5.74, 6) is 0.244. The fourth-order valence-corrected chi connectivity index (χ4v) is 5.87. The van der Waals surface area contributed by atoms with Crippen LogP contribution < -0.4 is 0 Å². The molecule has 0 unspecified atom stereocenters. The molecule has 0 N–H and O–H groups in total. The number of hydrogen-bond acceptors (Lipinski definition) is 2. The van der Waals surface area contributed by atoms with Crippen LogP contribution in [0.1, 0.15) is 35.2 Å². The number of carbonyl (C=O) groups is 1. The van der Waals surface area contributed by atoms with Crippen molar-refractivity contribution in [3.8, 4) is 0 Å². The van der Waals surface area contributed by atoms with Crippen LogP contribution in [0.3, 0.4) is 0 Å². The first-order valence-electron chi connectivity index (χ1n) is 13.0. The molecular formula is C31H32FN3O. The number of hydrogen-bond donors (Lipinski definition) is 0. The minimum absolute atomic E-state index is 0.122. The van der Waals surface area contributed by atoms with Crippen molar-refractivity contribution >= 4 is 16.8 Å². The van der Waals surface area contributed by atoms with E-state index in [0.29, 0.717) is 12.5 Å². The summed E-state index contributed by atoms with van der Waals surface area (Å²) < 4.78 is 15.8. The molecule has 4 nitrogen and oxygen atoms in total. The van der Waals surface area contributed by atoms with Crippen LogP contribution in [0.5, 0.6) is 0 Å². The first kappa shape index (κ1) is 23.0. The molecule has 5 heteroatoms. The number of carbonyl (C=O) groups excluding carboxylic acids is 1. The number of para-hydroxylation sites is 1. The number of rotatable bonds is 5. The Labute approximate surface area is 211 Å². The summed E-state index contributed by atoms with van der Waals surface area (Å²) in [5, 5.41) is 1.23. The molecule has 0 atom stereocenters. The zero-order valence-corrected chi connectivity index (χ0v) is 20.6. The Morgan fingerprint density at radius 2 is 1.56 bits per heavy atom. The van der Waals surface area contributed by atoms with Gasteiger partial charge >= 0.3 is 0 Å². The van der Waals surface area contributed by atoms with Gasteiger partial charge in [-0.15, -0.1) is 0 Å². The van der Waals surface area contributed by atoms with E-state index in [2.05, 4.69) is 69.0 Å².